The Morgan fingerprint density at radius 3 is 2.65 bits per heavy atom. The van der Waals surface area contributed by atoms with Gasteiger partial charge in [0, 0.05) is 18.0 Å². The van der Waals surface area contributed by atoms with Crippen molar-refractivity contribution in [2.75, 3.05) is 0 Å². The molecule has 17 heavy (non-hydrogen) atoms. The third-order valence-corrected chi connectivity index (χ3v) is 2.62. The number of aromatic nitrogens is 2. The number of hydrogen-bond acceptors (Lipinski definition) is 4. The molecule has 0 amide bonds. The van der Waals surface area contributed by atoms with Gasteiger partial charge in [-0.25, -0.2) is 4.98 Å². The van der Waals surface area contributed by atoms with Crippen LogP contribution in [-0.2, 0) is 28.0 Å². The fourth-order valence-corrected chi connectivity index (χ4v) is 1.78. The molecule has 0 fully saturated rings. The minimum absolute atomic E-state index is 0.0142. The van der Waals surface area contributed by atoms with Crippen LogP contribution in [0.2, 0.25) is 0 Å². The molecule has 0 bridgehead atoms. The molecule has 1 aromatic rings. The fourth-order valence-electron chi connectivity index (χ4n) is 1.59. The van der Waals surface area contributed by atoms with Gasteiger partial charge in [-0.2, -0.15) is 8.42 Å². The predicted octanol–water partition coefficient (Wildman–Crippen LogP) is 0.627. The Labute approximate surface area is 103 Å². The molecular weight excluding hydrogens is 272 g/mol. The summed E-state index contributed by atoms with van der Waals surface area (Å²) < 4.78 is 31.6. The van der Waals surface area contributed by atoms with Crippen LogP contribution in [0.5, 0.6) is 0 Å². The maximum absolute atomic E-state index is 10.9. The Morgan fingerprint density at radius 1 is 1.53 bits per heavy atom. The van der Waals surface area contributed by atoms with Gasteiger partial charge >= 0.3 is 10.4 Å². The van der Waals surface area contributed by atoms with Crippen LogP contribution in [0.3, 0.4) is 0 Å². The summed E-state index contributed by atoms with van der Waals surface area (Å²) in [6, 6.07) is 0. The molecule has 1 heterocycles. The molecule has 1 atom stereocenters. The smallest absolute Gasteiger partial charge is 0.348 e. The van der Waals surface area contributed by atoms with Crippen molar-refractivity contribution >= 4 is 27.2 Å². The molecule has 3 N–H and O–H groups in total. The lowest BCUT2D eigenvalue weighted by Crippen LogP contribution is -2.19. The summed E-state index contributed by atoms with van der Waals surface area (Å²) in [7, 11) is -4.67. The van der Waals surface area contributed by atoms with Crippen molar-refractivity contribution in [3.05, 3.63) is 17.7 Å². The van der Waals surface area contributed by atoms with Gasteiger partial charge in [-0.3, -0.25) is 13.9 Å². The summed E-state index contributed by atoms with van der Waals surface area (Å²) in [5.74, 6) is -0.0142. The van der Waals surface area contributed by atoms with E-state index in [0.717, 1.165) is 30.7 Å². The lowest BCUT2D eigenvalue weighted by Gasteiger charge is -2.16. The lowest BCUT2D eigenvalue weighted by atomic mass is 9.91. The van der Waals surface area contributed by atoms with Crippen molar-refractivity contribution in [3.63, 3.8) is 0 Å². The number of nitrogens with one attached hydrogen (secondary N) is 1. The van der Waals surface area contributed by atoms with Gasteiger partial charge in [0.25, 0.3) is 0 Å². The number of nitrogens with zero attached hydrogens (tertiary/aromatic N) is 1. The van der Waals surface area contributed by atoms with E-state index in [4.69, 9.17) is 29.1 Å². The van der Waals surface area contributed by atoms with Crippen molar-refractivity contribution in [2.24, 2.45) is 5.92 Å². The highest BCUT2D eigenvalue weighted by molar-refractivity contribution is 7.79. The first-order valence-electron chi connectivity index (χ1n) is 4.67. The van der Waals surface area contributed by atoms with E-state index in [1.807, 2.05) is 0 Å². The normalized spacial score (nSPS) is 18.9. The van der Waals surface area contributed by atoms with Crippen molar-refractivity contribution in [1.29, 1.82) is 0 Å². The number of rotatable bonds is 1. The second-order valence-electron chi connectivity index (χ2n) is 3.52. The highest BCUT2D eigenvalue weighted by atomic mass is 35.5. The molecular formula is C8H11ClN2O5S. The van der Waals surface area contributed by atoms with Crippen LogP contribution in [0, 0.1) is 5.92 Å². The molecule has 0 spiro atoms. The number of fused-ring (bicyclic) bond motifs is 1. The van der Waals surface area contributed by atoms with Crippen LogP contribution < -0.4 is 0 Å². The maximum atomic E-state index is 10.9. The van der Waals surface area contributed by atoms with Crippen molar-refractivity contribution < 1.29 is 22.3 Å². The average Bonchev–Trinajstić information content (AvgIpc) is 2.60. The third-order valence-electron chi connectivity index (χ3n) is 2.31. The van der Waals surface area contributed by atoms with Crippen LogP contribution >= 0.6 is 11.6 Å². The van der Waals surface area contributed by atoms with E-state index in [1.54, 1.807) is 6.33 Å². The predicted molar refractivity (Wildman–Crippen MR) is 59.1 cm³/mol. The molecule has 7 nitrogen and oxygen atoms in total. The van der Waals surface area contributed by atoms with Gasteiger partial charge in [-0.1, -0.05) is 0 Å². The number of hydrogen-bond donors (Lipinski definition) is 3. The summed E-state index contributed by atoms with van der Waals surface area (Å²) in [6.45, 7) is 0. The number of imidazole rings is 1. The number of carbonyl (C=O) groups is 1. The zero-order valence-electron chi connectivity index (χ0n) is 8.63. The van der Waals surface area contributed by atoms with E-state index in [0.29, 0.717) is 0 Å². The molecule has 0 aliphatic heterocycles. The standard InChI is InChI=1S/C8H9ClN2O.H2O4S/c9-8(12)5-1-2-6-7(3-5)11-4-10-6;1-5(2,3)4/h4-5H,1-3H2,(H,10,11);(H2,1,2,3,4). The van der Waals surface area contributed by atoms with Crippen LogP contribution in [0.1, 0.15) is 17.8 Å². The van der Waals surface area contributed by atoms with Crippen molar-refractivity contribution in [1.82, 2.24) is 9.97 Å². The molecule has 2 rings (SSSR count). The van der Waals surface area contributed by atoms with Crippen LogP contribution in [0.15, 0.2) is 6.33 Å². The second-order valence-corrected chi connectivity index (χ2v) is 4.79. The fraction of sp³-hybridized carbons (Fsp3) is 0.500. The Hall–Kier alpha value is -0.960. The highest BCUT2D eigenvalue weighted by Crippen LogP contribution is 2.24. The minimum atomic E-state index is -4.67. The van der Waals surface area contributed by atoms with Gasteiger partial charge < -0.3 is 4.98 Å². The van der Waals surface area contributed by atoms with Crippen molar-refractivity contribution in [2.45, 2.75) is 19.3 Å². The number of aryl methyl sites for hydroxylation is 1. The zero-order chi connectivity index (χ0) is 13.1. The SMILES string of the molecule is O=C(Cl)C1CCc2nc[nH]c2C1.O=S(=O)(O)O. The summed E-state index contributed by atoms with van der Waals surface area (Å²) in [5.41, 5.74) is 2.16. The summed E-state index contributed by atoms with van der Waals surface area (Å²) in [4.78, 5) is 18.0. The Bertz CT molecular complexity index is 490. The molecule has 1 aromatic heterocycles. The maximum Gasteiger partial charge on any atom is 0.394 e. The van der Waals surface area contributed by atoms with Gasteiger partial charge in [-0.15, -0.1) is 0 Å². The number of halogens is 1. The molecule has 0 aromatic carbocycles. The molecule has 0 saturated carbocycles. The number of H-pyrrole nitrogens is 1. The molecule has 1 unspecified atom stereocenters. The van der Waals surface area contributed by atoms with Gasteiger partial charge in [0.1, 0.15) is 0 Å². The number of aromatic amines is 1. The highest BCUT2D eigenvalue weighted by Gasteiger charge is 2.24. The average molecular weight is 283 g/mol. The monoisotopic (exact) mass is 282 g/mol. The molecule has 0 saturated heterocycles. The Balaban J connectivity index is 0.000000249. The van der Waals surface area contributed by atoms with Gasteiger partial charge in [0.15, 0.2) is 0 Å². The second kappa shape index (κ2) is 5.58. The molecule has 96 valence electrons. The van der Waals surface area contributed by atoms with E-state index in [2.05, 4.69) is 9.97 Å². The zero-order valence-corrected chi connectivity index (χ0v) is 10.2. The lowest BCUT2D eigenvalue weighted by molar-refractivity contribution is -0.115. The first kappa shape index (κ1) is 14.1. The van der Waals surface area contributed by atoms with E-state index >= 15 is 0 Å². The van der Waals surface area contributed by atoms with Crippen LogP contribution in [-0.4, -0.2) is 32.7 Å². The first-order valence-corrected chi connectivity index (χ1v) is 6.45. The van der Waals surface area contributed by atoms with Gasteiger partial charge in [-0.05, 0) is 24.4 Å². The van der Waals surface area contributed by atoms with Crippen molar-refractivity contribution in [3.8, 4) is 0 Å². The molecule has 0 radical (unpaired) electrons. The molecule has 9 heteroatoms. The Kier molecular flexibility index (Phi) is 4.63. The summed E-state index contributed by atoms with van der Waals surface area (Å²) in [6.07, 6.45) is 4.09. The van der Waals surface area contributed by atoms with E-state index in [-0.39, 0.29) is 11.2 Å². The molecule has 1 aliphatic rings. The Morgan fingerprint density at radius 2 is 2.12 bits per heavy atom. The minimum Gasteiger partial charge on any atom is -0.348 e. The topological polar surface area (TPSA) is 120 Å². The van der Waals surface area contributed by atoms with Gasteiger partial charge in [0.05, 0.1) is 12.0 Å². The van der Waals surface area contributed by atoms with E-state index < -0.39 is 10.4 Å². The third kappa shape index (κ3) is 5.26. The quantitative estimate of drug-likeness (QED) is 0.513. The van der Waals surface area contributed by atoms with E-state index in [9.17, 15) is 4.79 Å². The van der Waals surface area contributed by atoms with Gasteiger partial charge in [0.2, 0.25) is 5.24 Å². The number of carbonyl (C=O) groups excluding carboxylic acids is 1. The van der Waals surface area contributed by atoms with Crippen LogP contribution in [0.25, 0.3) is 0 Å². The van der Waals surface area contributed by atoms with Crippen LogP contribution in [0.4, 0.5) is 0 Å². The molecule has 1 aliphatic carbocycles. The largest absolute Gasteiger partial charge is 0.394 e. The first-order chi connectivity index (χ1) is 7.77. The van der Waals surface area contributed by atoms with E-state index in [1.165, 1.54) is 0 Å². The summed E-state index contributed by atoms with van der Waals surface area (Å²) in [5, 5.41) is -0.227. The summed E-state index contributed by atoms with van der Waals surface area (Å²) >= 11 is 5.42.